The molecule has 25 heavy (non-hydrogen) atoms. The molecule has 0 N–H and O–H groups in total. The molecule has 0 unspecified atom stereocenters. The molecule has 128 valence electrons. The molecular formula is C20H20N2O2S. The minimum absolute atomic E-state index is 0.0680. The van der Waals surface area contributed by atoms with E-state index in [1.807, 2.05) is 74.5 Å². The van der Waals surface area contributed by atoms with Crippen molar-refractivity contribution in [1.29, 1.82) is 0 Å². The number of methoxy groups -OCH3 is 1. The van der Waals surface area contributed by atoms with Gasteiger partial charge in [0.1, 0.15) is 5.75 Å². The van der Waals surface area contributed by atoms with Crippen LogP contribution in [0.2, 0.25) is 0 Å². The van der Waals surface area contributed by atoms with Gasteiger partial charge in [-0.3, -0.25) is 14.7 Å². The van der Waals surface area contributed by atoms with E-state index in [9.17, 15) is 4.79 Å². The van der Waals surface area contributed by atoms with E-state index in [1.54, 1.807) is 12.0 Å². The number of nitrogens with zero attached hydrogens (tertiary/aromatic N) is 2. The Hall–Kier alpha value is -2.53. The maximum absolute atomic E-state index is 13.0. The highest BCUT2D eigenvalue weighted by Gasteiger charge is 2.34. The summed E-state index contributed by atoms with van der Waals surface area (Å²) < 4.78 is 5.38. The summed E-state index contributed by atoms with van der Waals surface area (Å²) in [6.45, 7) is 4.01. The normalized spacial score (nSPS) is 17.8. The molecule has 1 fully saturated rings. The molecule has 1 saturated heterocycles. The number of rotatable bonds is 4. The van der Waals surface area contributed by atoms with E-state index >= 15 is 0 Å². The Labute approximate surface area is 152 Å². The highest BCUT2D eigenvalue weighted by molar-refractivity contribution is 8.19. The average Bonchev–Trinajstić information content (AvgIpc) is 2.90. The summed E-state index contributed by atoms with van der Waals surface area (Å²) in [5, 5.41) is 0.701. The Kier molecular flexibility index (Phi) is 5.24. The van der Waals surface area contributed by atoms with Crippen LogP contribution in [-0.2, 0) is 4.79 Å². The van der Waals surface area contributed by atoms with Crippen LogP contribution < -0.4 is 9.64 Å². The van der Waals surface area contributed by atoms with Crippen LogP contribution in [-0.4, -0.2) is 24.2 Å². The largest absolute Gasteiger partial charge is 0.496 e. The second kappa shape index (κ2) is 7.57. The monoisotopic (exact) mass is 352 g/mol. The maximum Gasteiger partial charge on any atom is 0.271 e. The summed E-state index contributed by atoms with van der Waals surface area (Å²) in [5.41, 5.74) is 1.70. The van der Waals surface area contributed by atoms with Crippen molar-refractivity contribution in [2.45, 2.75) is 19.9 Å². The van der Waals surface area contributed by atoms with Gasteiger partial charge < -0.3 is 4.74 Å². The number of carbonyl (C=O) groups excluding carboxylic acids is 1. The quantitative estimate of drug-likeness (QED) is 0.756. The number of ether oxygens (including phenoxy) is 1. The van der Waals surface area contributed by atoms with E-state index in [1.165, 1.54) is 11.8 Å². The zero-order valence-corrected chi connectivity index (χ0v) is 15.3. The summed E-state index contributed by atoms with van der Waals surface area (Å²) >= 11 is 1.40. The summed E-state index contributed by atoms with van der Waals surface area (Å²) in [6, 6.07) is 17.4. The third-order valence-corrected chi connectivity index (χ3v) is 4.60. The van der Waals surface area contributed by atoms with Gasteiger partial charge in [0.15, 0.2) is 5.17 Å². The number of aliphatic imine (C=N–C) groups is 1. The van der Waals surface area contributed by atoms with Crippen molar-refractivity contribution in [3.63, 3.8) is 0 Å². The predicted molar refractivity (Wildman–Crippen MR) is 105 cm³/mol. The van der Waals surface area contributed by atoms with Crippen LogP contribution in [0.4, 0.5) is 5.69 Å². The summed E-state index contributed by atoms with van der Waals surface area (Å²) in [4.78, 5) is 20.0. The molecular weight excluding hydrogens is 332 g/mol. The molecule has 0 spiro atoms. The number of carbonyl (C=O) groups is 1. The molecule has 0 radical (unpaired) electrons. The minimum Gasteiger partial charge on any atom is -0.496 e. The number of hydrogen-bond acceptors (Lipinski definition) is 4. The van der Waals surface area contributed by atoms with Crippen LogP contribution >= 0.6 is 11.8 Å². The number of anilines is 1. The Morgan fingerprint density at radius 3 is 2.44 bits per heavy atom. The molecule has 0 aliphatic carbocycles. The Morgan fingerprint density at radius 2 is 1.76 bits per heavy atom. The van der Waals surface area contributed by atoms with Crippen molar-refractivity contribution >= 4 is 34.6 Å². The standard InChI is InChI=1S/C20H20N2O2S/c1-14(2)21-20-22(16-10-5-4-6-11-16)19(23)18(25-20)13-15-9-7-8-12-17(15)24-3/h4-14H,1-3H3/b18-13-,21-20?. The number of amidine groups is 1. The fourth-order valence-electron chi connectivity index (χ4n) is 2.51. The molecule has 1 aliphatic rings. The highest BCUT2D eigenvalue weighted by atomic mass is 32.2. The van der Waals surface area contributed by atoms with E-state index in [0.717, 1.165) is 17.0 Å². The Bertz CT molecular complexity index is 829. The third-order valence-electron chi connectivity index (χ3n) is 3.61. The van der Waals surface area contributed by atoms with Crippen LogP contribution in [0.25, 0.3) is 6.08 Å². The second-order valence-corrected chi connectivity index (χ2v) is 6.84. The molecule has 0 bridgehead atoms. The lowest BCUT2D eigenvalue weighted by atomic mass is 10.2. The molecule has 0 atom stereocenters. The van der Waals surface area contributed by atoms with Crippen LogP contribution in [0.15, 0.2) is 64.5 Å². The first kappa shape index (κ1) is 17.3. The molecule has 1 heterocycles. The number of thioether (sulfide) groups is 1. The van der Waals surface area contributed by atoms with Gasteiger partial charge in [0.05, 0.1) is 17.7 Å². The van der Waals surface area contributed by atoms with E-state index < -0.39 is 0 Å². The highest BCUT2D eigenvalue weighted by Crippen LogP contribution is 2.37. The number of amides is 1. The lowest BCUT2D eigenvalue weighted by Crippen LogP contribution is -2.29. The van der Waals surface area contributed by atoms with Crippen LogP contribution in [0, 0.1) is 0 Å². The SMILES string of the molecule is COc1ccccc1/C=C1\SC(=NC(C)C)N(c2ccccc2)C1=O. The van der Waals surface area contributed by atoms with E-state index in [-0.39, 0.29) is 11.9 Å². The molecule has 2 aromatic rings. The fourth-order valence-corrected chi connectivity index (χ4v) is 3.62. The summed E-state index contributed by atoms with van der Waals surface area (Å²) in [5.74, 6) is 0.672. The van der Waals surface area contributed by atoms with Crippen molar-refractivity contribution in [3.8, 4) is 5.75 Å². The zero-order chi connectivity index (χ0) is 17.8. The molecule has 4 nitrogen and oxygen atoms in total. The first-order chi connectivity index (χ1) is 12.1. The van der Waals surface area contributed by atoms with Gasteiger partial charge in [-0.2, -0.15) is 0 Å². The smallest absolute Gasteiger partial charge is 0.271 e. The van der Waals surface area contributed by atoms with Gasteiger partial charge in [0.25, 0.3) is 5.91 Å². The van der Waals surface area contributed by atoms with Gasteiger partial charge in [-0.1, -0.05) is 36.4 Å². The first-order valence-corrected chi connectivity index (χ1v) is 8.91. The Balaban J connectivity index is 2.03. The Morgan fingerprint density at radius 1 is 1.08 bits per heavy atom. The molecule has 0 aromatic heterocycles. The molecule has 1 aliphatic heterocycles. The van der Waals surface area contributed by atoms with E-state index in [4.69, 9.17) is 4.74 Å². The van der Waals surface area contributed by atoms with Gasteiger partial charge in [-0.05, 0) is 49.9 Å². The zero-order valence-electron chi connectivity index (χ0n) is 14.5. The van der Waals surface area contributed by atoms with Gasteiger partial charge in [-0.15, -0.1) is 0 Å². The van der Waals surface area contributed by atoms with Crippen LogP contribution in [0.1, 0.15) is 19.4 Å². The van der Waals surface area contributed by atoms with Crippen LogP contribution in [0.5, 0.6) is 5.75 Å². The second-order valence-electron chi connectivity index (χ2n) is 5.83. The van der Waals surface area contributed by atoms with Crippen molar-refractivity contribution in [1.82, 2.24) is 0 Å². The number of para-hydroxylation sites is 2. The first-order valence-electron chi connectivity index (χ1n) is 8.10. The number of benzene rings is 2. The minimum atomic E-state index is -0.0680. The predicted octanol–water partition coefficient (Wildman–Crippen LogP) is 4.58. The van der Waals surface area contributed by atoms with Crippen molar-refractivity contribution in [2.24, 2.45) is 4.99 Å². The van der Waals surface area contributed by atoms with E-state index in [2.05, 4.69) is 4.99 Å². The van der Waals surface area contributed by atoms with Crippen molar-refractivity contribution < 1.29 is 9.53 Å². The van der Waals surface area contributed by atoms with Gasteiger partial charge in [0.2, 0.25) is 0 Å². The lowest BCUT2D eigenvalue weighted by Gasteiger charge is -2.16. The molecule has 2 aromatic carbocycles. The van der Waals surface area contributed by atoms with Gasteiger partial charge in [0, 0.05) is 11.6 Å². The summed E-state index contributed by atoms with van der Waals surface area (Å²) in [6.07, 6.45) is 1.87. The molecule has 3 rings (SSSR count). The van der Waals surface area contributed by atoms with Crippen molar-refractivity contribution in [2.75, 3.05) is 12.0 Å². The van der Waals surface area contributed by atoms with Gasteiger partial charge >= 0.3 is 0 Å². The van der Waals surface area contributed by atoms with Gasteiger partial charge in [-0.25, -0.2) is 0 Å². The molecule has 1 amide bonds. The number of hydrogen-bond donors (Lipinski definition) is 0. The summed E-state index contributed by atoms with van der Waals surface area (Å²) in [7, 11) is 1.63. The molecule has 5 heteroatoms. The van der Waals surface area contributed by atoms with E-state index in [0.29, 0.717) is 10.1 Å². The molecule has 0 saturated carbocycles. The van der Waals surface area contributed by atoms with Crippen LogP contribution in [0.3, 0.4) is 0 Å². The lowest BCUT2D eigenvalue weighted by molar-refractivity contribution is -0.113. The topological polar surface area (TPSA) is 41.9 Å². The van der Waals surface area contributed by atoms with Crippen molar-refractivity contribution in [3.05, 3.63) is 65.1 Å². The third kappa shape index (κ3) is 3.77. The maximum atomic E-state index is 13.0. The average molecular weight is 352 g/mol. The fraction of sp³-hybridized carbons (Fsp3) is 0.200.